The molecule has 20 heavy (non-hydrogen) atoms. The van der Waals surface area contributed by atoms with E-state index in [0.29, 0.717) is 11.5 Å². The van der Waals surface area contributed by atoms with Gasteiger partial charge in [0, 0.05) is 18.6 Å². The molecule has 0 unspecified atom stereocenters. The van der Waals surface area contributed by atoms with Crippen LogP contribution in [0, 0.1) is 0 Å². The second-order valence-electron chi connectivity index (χ2n) is 4.15. The van der Waals surface area contributed by atoms with Crippen LogP contribution in [0.3, 0.4) is 0 Å². The Kier molecular flexibility index (Phi) is 2.79. The van der Waals surface area contributed by atoms with Crippen molar-refractivity contribution in [2.45, 2.75) is 0 Å². The van der Waals surface area contributed by atoms with Gasteiger partial charge in [-0.2, -0.15) is 10.1 Å². The number of nitrogens with zero attached hydrogens (tertiary/aromatic N) is 4. The summed E-state index contributed by atoms with van der Waals surface area (Å²) >= 11 is 0. The van der Waals surface area contributed by atoms with Gasteiger partial charge in [-0.1, -0.05) is 12.1 Å². The van der Waals surface area contributed by atoms with Crippen molar-refractivity contribution in [3.05, 3.63) is 42.2 Å². The van der Waals surface area contributed by atoms with E-state index in [1.165, 1.54) is 4.68 Å². The van der Waals surface area contributed by atoms with Gasteiger partial charge in [0.1, 0.15) is 0 Å². The van der Waals surface area contributed by atoms with E-state index in [1.807, 2.05) is 24.3 Å². The maximum Gasteiger partial charge on any atom is 0.271 e. The van der Waals surface area contributed by atoms with Gasteiger partial charge in [-0.05, 0) is 18.2 Å². The lowest BCUT2D eigenvalue weighted by Crippen LogP contribution is -2.18. The number of nitrogens with two attached hydrogens (primary N) is 1. The predicted octanol–water partition coefficient (Wildman–Crippen LogP) is 0.757. The first-order valence-electron chi connectivity index (χ1n) is 5.99. The number of carbonyl (C=O) groups excluding carboxylic acids is 1. The molecule has 7 heteroatoms. The molecular weight excluding hydrogens is 256 g/mol. The average molecular weight is 268 g/mol. The van der Waals surface area contributed by atoms with E-state index in [0.717, 1.165) is 10.9 Å². The lowest BCUT2D eigenvalue weighted by Gasteiger charge is -2.06. The molecule has 0 aliphatic heterocycles. The molecule has 3 rings (SSSR count). The number of carbonyl (C=O) groups is 1. The summed E-state index contributed by atoms with van der Waals surface area (Å²) in [5.41, 5.74) is 6.75. The van der Waals surface area contributed by atoms with Gasteiger partial charge in [0.15, 0.2) is 11.5 Å². The number of fused-ring (bicyclic) bond motifs is 1. The molecule has 0 aliphatic rings. The molecule has 1 aromatic carbocycles. The highest BCUT2D eigenvalue weighted by Gasteiger charge is 2.12. The lowest BCUT2D eigenvalue weighted by atomic mass is 10.2. The molecule has 2 aromatic heterocycles. The zero-order chi connectivity index (χ0) is 14.1. The Hall–Kier alpha value is -2.96. The van der Waals surface area contributed by atoms with Crippen LogP contribution in [0.25, 0.3) is 16.7 Å². The first-order chi connectivity index (χ1) is 9.69. The topological polar surface area (TPSA) is 98.7 Å². The van der Waals surface area contributed by atoms with Crippen molar-refractivity contribution < 1.29 is 4.79 Å². The first-order valence-corrected chi connectivity index (χ1v) is 5.99. The third kappa shape index (κ3) is 1.95. The number of rotatable bonds is 2. The molecule has 0 fully saturated rings. The molecule has 0 aliphatic carbocycles. The molecule has 0 saturated carbocycles. The summed E-state index contributed by atoms with van der Waals surface area (Å²) in [5.74, 6) is 0.453. The minimum atomic E-state index is -0.255. The maximum absolute atomic E-state index is 11.5. The largest absolute Gasteiger partial charge is 0.368 e. The maximum atomic E-state index is 11.5. The Balaban J connectivity index is 2.19. The molecular formula is C13H12N6O. The van der Waals surface area contributed by atoms with Gasteiger partial charge in [-0.25, -0.2) is 9.67 Å². The molecule has 3 aromatic rings. The summed E-state index contributed by atoms with van der Waals surface area (Å²) in [7, 11) is 1.55. The SMILES string of the molecule is CNC(=O)c1ccn(-c2nc(N)nc3ccccc23)n1. The van der Waals surface area contributed by atoms with Crippen molar-refractivity contribution in [2.24, 2.45) is 0 Å². The Bertz CT molecular complexity index is 794. The number of anilines is 1. The Morgan fingerprint density at radius 2 is 2.05 bits per heavy atom. The van der Waals surface area contributed by atoms with E-state index < -0.39 is 0 Å². The summed E-state index contributed by atoms with van der Waals surface area (Å²) in [6.07, 6.45) is 1.67. The molecule has 7 nitrogen and oxygen atoms in total. The average Bonchev–Trinajstić information content (AvgIpc) is 2.95. The predicted molar refractivity (Wildman–Crippen MR) is 74.5 cm³/mol. The van der Waals surface area contributed by atoms with Crippen molar-refractivity contribution in [3.8, 4) is 5.82 Å². The highest BCUT2D eigenvalue weighted by Crippen LogP contribution is 2.19. The number of hydrogen-bond donors (Lipinski definition) is 2. The van der Waals surface area contributed by atoms with E-state index >= 15 is 0 Å². The van der Waals surface area contributed by atoms with Crippen molar-refractivity contribution in [2.75, 3.05) is 12.8 Å². The molecule has 0 spiro atoms. The van der Waals surface area contributed by atoms with Crippen LogP contribution in [0.15, 0.2) is 36.5 Å². The molecule has 1 amide bonds. The van der Waals surface area contributed by atoms with Crippen molar-refractivity contribution in [3.63, 3.8) is 0 Å². The van der Waals surface area contributed by atoms with E-state index in [2.05, 4.69) is 20.4 Å². The van der Waals surface area contributed by atoms with E-state index in [4.69, 9.17) is 5.73 Å². The fraction of sp³-hybridized carbons (Fsp3) is 0.0769. The van der Waals surface area contributed by atoms with Gasteiger partial charge >= 0.3 is 0 Å². The van der Waals surface area contributed by atoms with Crippen molar-refractivity contribution >= 4 is 22.8 Å². The summed E-state index contributed by atoms with van der Waals surface area (Å²) in [4.78, 5) is 19.9. The zero-order valence-corrected chi connectivity index (χ0v) is 10.7. The molecule has 100 valence electrons. The standard InChI is InChI=1S/C13H12N6O/c1-15-12(20)10-6-7-19(18-10)11-8-4-2-3-5-9(8)16-13(14)17-11/h2-7H,1H3,(H,15,20)(H2,14,16,17). The van der Waals surface area contributed by atoms with Crippen LogP contribution in [0.4, 0.5) is 5.95 Å². The molecule has 0 saturated heterocycles. The molecule has 2 heterocycles. The zero-order valence-electron chi connectivity index (χ0n) is 10.7. The third-order valence-corrected chi connectivity index (χ3v) is 2.87. The summed E-state index contributed by atoms with van der Waals surface area (Å²) in [6.45, 7) is 0. The fourth-order valence-corrected chi connectivity index (χ4v) is 1.94. The summed E-state index contributed by atoms with van der Waals surface area (Å²) in [6, 6.07) is 9.10. The van der Waals surface area contributed by atoms with Crippen LogP contribution >= 0.6 is 0 Å². The molecule has 0 radical (unpaired) electrons. The normalized spacial score (nSPS) is 10.7. The number of para-hydroxylation sites is 1. The van der Waals surface area contributed by atoms with Gasteiger partial charge in [0.25, 0.3) is 5.91 Å². The monoisotopic (exact) mass is 268 g/mol. The van der Waals surface area contributed by atoms with Crippen LogP contribution in [0.1, 0.15) is 10.5 Å². The molecule has 3 N–H and O–H groups in total. The van der Waals surface area contributed by atoms with E-state index in [9.17, 15) is 4.79 Å². The number of amides is 1. The Morgan fingerprint density at radius 3 is 2.85 bits per heavy atom. The van der Waals surface area contributed by atoms with Gasteiger partial charge < -0.3 is 11.1 Å². The van der Waals surface area contributed by atoms with E-state index in [-0.39, 0.29) is 11.9 Å². The second-order valence-corrected chi connectivity index (χ2v) is 4.15. The minimum absolute atomic E-state index is 0.163. The number of benzene rings is 1. The third-order valence-electron chi connectivity index (χ3n) is 2.87. The number of hydrogen-bond acceptors (Lipinski definition) is 5. The Morgan fingerprint density at radius 1 is 1.25 bits per heavy atom. The van der Waals surface area contributed by atoms with Crippen molar-refractivity contribution in [1.82, 2.24) is 25.1 Å². The number of nitrogens with one attached hydrogen (secondary N) is 1. The fourth-order valence-electron chi connectivity index (χ4n) is 1.94. The van der Waals surface area contributed by atoms with Gasteiger partial charge in [0.2, 0.25) is 5.95 Å². The van der Waals surface area contributed by atoms with Gasteiger partial charge in [-0.3, -0.25) is 4.79 Å². The first kappa shape index (κ1) is 12.1. The number of aromatic nitrogens is 4. The molecule has 0 atom stereocenters. The smallest absolute Gasteiger partial charge is 0.271 e. The van der Waals surface area contributed by atoms with Crippen LogP contribution < -0.4 is 11.1 Å². The quantitative estimate of drug-likeness (QED) is 0.714. The van der Waals surface area contributed by atoms with Crippen molar-refractivity contribution in [1.29, 1.82) is 0 Å². The summed E-state index contributed by atoms with van der Waals surface area (Å²) in [5, 5.41) is 7.54. The van der Waals surface area contributed by atoms with Crippen LogP contribution in [-0.4, -0.2) is 32.7 Å². The lowest BCUT2D eigenvalue weighted by molar-refractivity contribution is 0.0957. The summed E-state index contributed by atoms with van der Waals surface area (Å²) < 4.78 is 1.52. The second kappa shape index (κ2) is 4.61. The van der Waals surface area contributed by atoms with Crippen LogP contribution in [-0.2, 0) is 0 Å². The number of nitrogen functional groups attached to an aromatic ring is 1. The van der Waals surface area contributed by atoms with Gasteiger partial charge in [-0.15, -0.1) is 0 Å². The van der Waals surface area contributed by atoms with E-state index in [1.54, 1.807) is 19.3 Å². The highest BCUT2D eigenvalue weighted by molar-refractivity contribution is 5.92. The van der Waals surface area contributed by atoms with Gasteiger partial charge in [0.05, 0.1) is 5.52 Å². The van der Waals surface area contributed by atoms with Crippen LogP contribution in [0.2, 0.25) is 0 Å². The Labute approximate surface area is 114 Å². The minimum Gasteiger partial charge on any atom is -0.368 e. The molecule has 0 bridgehead atoms. The highest BCUT2D eigenvalue weighted by atomic mass is 16.1. The van der Waals surface area contributed by atoms with Crippen LogP contribution in [0.5, 0.6) is 0 Å².